The Hall–Kier alpha value is -2.82. The minimum atomic E-state index is -2.51. The average Bonchev–Trinajstić information content (AvgIpc) is 3.92. The van der Waals surface area contributed by atoms with Gasteiger partial charge in [0.2, 0.25) is 0 Å². The molecule has 0 unspecified atom stereocenters. The van der Waals surface area contributed by atoms with Crippen LogP contribution in [0, 0.1) is 10.5 Å². The first-order valence-electron chi connectivity index (χ1n) is 17.0. The number of aryl methyl sites for hydroxylation is 1. The highest BCUT2D eigenvalue weighted by Gasteiger charge is 2.50. The Balaban J connectivity index is 1.06. The molecule has 4 aromatic rings. The molecule has 1 heterocycles. The summed E-state index contributed by atoms with van der Waals surface area (Å²) in [7, 11) is -2.51. The minimum absolute atomic E-state index is 0.00850. The number of hydrogen-bond acceptors (Lipinski definition) is 4. The number of carbonyl (C=O) groups excluding carboxylic acids is 1. The third kappa shape index (κ3) is 7.91. The molecule has 1 aliphatic heterocycles. The maximum absolute atomic E-state index is 13.0. The zero-order valence-electron chi connectivity index (χ0n) is 28.3. The highest BCUT2D eigenvalue weighted by molar-refractivity contribution is 14.1. The largest absolute Gasteiger partial charge is 0.406 e. The van der Waals surface area contributed by atoms with E-state index in [1.165, 1.54) is 39.9 Å². The Kier molecular flexibility index (Phi) is 10.7. The van der Waals surface area contributed by atoms with Crippen LogP contribution >= 0.6 is 22.6 Å². The van der Waals surface area contributed by atoms with Gasteiger partial charge in [0.15, 0.2) is 0 Å². The van der Waals surface area contributed by atoms with Gasteiger partial charge in [-0.3, -0.25) is 14.6 Å². The maximum Gasteiger partial charge on any atom is 0.261 e. The highest BCUT2D eigenvalue weighted by Crippen LogP contribution is 2.43. The Bertz CT molecular complexity index is 1620. The number of nitrogens with zero attached hydrogens (tertiary/aromatic N) is 2. The monoisotopic (exact) mass is 757 g/mol. The molecule has 0 atom stereocenters. The Labute approximate surface area is 296 Å². The van der Waals surface area contributed by atoms with E-state index in [-0.39, 0.29) is 10.9 Å². The van der Waals surface area contributed by atoms with Gasteiger partial charge in [-0.05, 0) is 105 Å². The normalized spacial score (nSPS) is 16.3. The number of amides is 1. The first-order valence-corrected chi connectivity index (χ1v) is 20.0. The summed E-state index contributed by atoms with van der Waals surface area (Å²) in [6, 6.07) is 34.3. The molecule has 6 rings (SSSR count). The SMILES string of the molecule is Cc1ccc(C(=O)Nc2ccc(CN3CCN(CCO[Si](c4ccccc4)(c4ccccc4)C(C)(C)C)CC3)c(C3CC3)c2)cc1I. The van der Waals surface area contributed by atoms with Gasteiger partial charge < -0.3 is 9.74 Å². The van der Waals surface area contributed by atoms with Crippen LogP contribution in [0.15, 0.2) is 97.1 Å². The van der Waals surface area contributed by atoms with E-state index in [9.17, 15) is 4.79 Å². The number of nitrogens with one attached hydrogen (secondary N) is 1. The number of anilines is 1. The predicted octanol–water partition coefficient (Wildman–Crippen LogP) is 7.42. The molecule has 1 amide bonds. The number of benzene rings is 4. The lowest BCUT2D eigenvalue weighted by Crippen LogP contribution is -2.67. The van der Waals surface area contributed by atoms with E-state index in [1.807, 2.05) is 18.2 Å². The molecule has 1 N–H and O–H groups in total. The van der Waals surface area contributed by atoms with Crippen molar-refractivity contribution in [1.29, 1.82) is 0 Å². The second-order valence-electron chi connectivity index (χ2n) is 14.2. The molecular formula is C40H48IN3O2Si. The van der Waals surface area contributed by atoms with Gasteiger partial charge in [0, 0.05) is 60.7 Å². The standard InChI is InChI=1S/C40H48IN3O2Si/c1-30-15-16-32(27-38(30)41)39(45)42-34-20-19-33(37(28-34)31-17-18-31)29-44-23-21-43(22-24-44)25-26-46-47(40(2,3)4,35-11-7-5-8-12-35)36-13-9-6-10-14-36/h5-16,19-20,27-28,31H,17-18,21-26,29H2,1-4H3,(H,42,45). The first kappa shape index (κ1) is 34.1. The molecule has 2 aliphatic rings. The van der Waals surface area contributed by atoms with Gasteiger partial charge in [-0.25, -0.2) is 0 Å². The van der Waals surface area contributed by atoms with Crippen LogP contribution in [-0.2, 0) is 11.0 Å². The molecule has 0 spiro atoms. The van der Waals surface area contributed by atoms with Gasteiger partial charge in [0.1, 0.15) is 0 Å². The Morgan fingerprint density at radius 1 is 0.851 bits per heavy atom. The highest BCUT2D eigenvalue weighted by atomic mass is 127. The smallest absolute Gasteiger partial charge is 0.261 e. The molecule has 246 valence electrons. The number of carbonyl (C=O) groups is 1. The van der Waals surface area contributed by atoms with E-state index in [1.54, 1.807) is 0 Å². The summed E-state index contributed by atoms with van der Waals surface area (Å²) in [6.45, 7) is 15.9. The van der Waals surface area contributed by atoms with Crippen molar-refractivity contribution < 1.29 is 9.22 Å². The average molecular weight is 758 g/mol. The van der Waals surface area contributed by atoms with Crippen molar-refractivity contribution >= 4 is 52.9 Å². The van der Waals surface area contributed by atoms with Crippen molar-refractivity contribution in [3.05, 3.63) is 123 Å². The zero-order valence-corrected chi connectivity index (χ0v) is 31.4. The summed E-state index contributed by atoms with van der Waals surface area (Å²) >= 11 is 2.29. The van der Waals surface area contributed by atoms with Crippen molar-refractivity contribution in [2.24, 2.45) is 0 Å². The number of piperazine rings is 1. The van der Waals surface area contributed by atoms with Crippen molar-refractivity contribution in [3.8, 4) is 0 Å². The molecule has 0 bridgehead atoms. The van der Waals surface area contributed by atoms with Gasteiger partial charge in [-0.1, -0.05) is 93.6 Å². The van der Waals surface area contributed by atoms with E-state index >= 15 is 0 Å². The molecule has 7 heteroatoms. The molecule has 0 aromatic heterocycles. The van der Waals surface area contributed by atoms with Crippen LogP contribution in [0.25, 0.3) is 0 Å². The summed E-state index contributed by atoms with van der Waals surface area (Å²) in [5.74, 6) is 0.564. The Morgan fingerprint density at radius 3 is 2.04 bits per heavy atom. The van der Waals surface area contributed by atoms with Crippen LogP contribution in [-0.4, -0.2) is 63.4 Å². The summed E-state index contributed by atoms with van der Waals surface area (Å²) in [6.07, 6.45) is 2.47. The van der Waals surface area contributed by atoms with Crippen LogP contribution in [0.2, 0.25) is 5.04 Å². The molecule has 0 radical (unpaired) electrons. The fourth-order valence-electron chi connectivity index (χ4n) is 7.03. The van der Waals surface area contributed by atoms with Gasteiger partial charge >= 0.3 is 0 Å². The number of hydrogen-bond donors (Lipinski definition) is 1. The summed E-state index contributed by atoms with van der Waals surface area (Å²) in [4.78, 5) is 18.2. The van der Waals surface area contributed by atoms with Gasteiger partial charge in [0.05, 0.1) is 0 Å². The van der Waals surface area contributed by atoms with Crippen LogP contribution < -0.4 is 15.7 Å². The molecular weight excluding hydrogens is 709 g/mol. The van der Waals surface area contributed by atoms with E-state index < -0.39 is 8.32 Å². The van der Waals surface area contributed by atoms with Crippen molar-refractivity contribution in [2.75, 3.05) is 44.6 Å². The summed E-state index contributed by atoms with van der Waals surface area (Å²) in [5, 5.41) is 5.82. The van der Waals surface area contributed by atoms with Crippen molar-refractivity contribution in [1.82, 2.24) is 9.80 Å². The second-order valence-corrected chi connectivity index (χ2v) is 19.7. The molecule has 1 saturated heterocycles. The fraction of sp³-hybridized carbons (Fsp3) is 0.375. The topological polar surface area (TPSA) is 44.8 Å². The van der Waals surface area contributed by atoms with Crippen LogP contribution in [0.5, 0.6) is 0 Å². The molecule has 47 heavy (non-hydrogen) atoms. The lowest BCUT2D eigenvalue weighted by Gasteiger charge is -2.43. The molecule has 1 aliphatic carbocycles. The molecule has 5 nitrogen and oxygen atoms in total. The van der Waals surface area contributed by atoms with Crippen molar-refractivity contribution in [2.45, 2.75) is 58.0 Å². The van der Waals surface area contributed by atoms with Crippen LogP contribution in [0.1, 0.15) is 66.6 Å². The first-order chi connectivity index (χ1) is 22.6. The van der Waals surface area contributed by atoms with Crippen LogP contribution in [0.3, 0.4) is 0 Å². The fourth-order valence-corrected chi connectivity index (χ4v) is 12.1. The zero-order chi connectivity index (χ0) is 33.0. The quantitative estimate of drug-likeness (QED) is 0.128. The van der Waals surface area contributed by atoms with Gasteiger partial charge in [0.25, 0.3) is 14.2 Å². The van der Waals surface area contributed by atoms with Gasteiger partial charge in [-0.15, -0.1) is 0 Å². The number of rotatable bonds is 11. The lowest BCUT2D eigenvalue weighted by atomic mass is 10.0. The molecule has 2 fully saturated rings. The second kappa shape index (κ2) is 14.7. The number of halogens is 1. The predicted molar refractivity (Wildman–Crippen MR) is 206 cm³/mol. The van der Waals surface area contributed by atoms with Gasteiger partial charge in [-0.2, -0.15) is 0 Å². The van der Waals surface area contributed by atoms with Crippen molar-refractivity contribution in [3.63, 3.8) is 0 Å². The third-order valence-electron chi connectivity index (χ3n) is 9.86. The van der Waals surface area contributed by atoms with E-state index in [2.05, 4.69) is 144 Å². The molecule has 4 aromatic carbocycles. The van der Waals surface area contributed by atoms with E-state index in [0.717, 1.165) is 55.1 Å². The summed E-state index contributed by atoms with van der Waals surface area (Å²) < 4.78 is 8.28. The van der Waals surface area contributed by atoms with E-state index in [0.29, 0.717) is 11.5 Å². The third-order valence-corrected chi connectivity index (χ3v) is 16.1. The maximum atomic E-state index is 13.0. The summed E-state index contributed by atoms with van der Waals surface area (Å²) in [5.41, 5.74) is 5.59. The Morgan fingerprint density at radius 2 is 1.47 bits per heavy atom. The van der Waals surface area contributed by atoms with Crippen LogP contribution in [0.4, 0.5) is 5.69 Å². The minimum Gasteiger partial charge on any atom is -0.406 e. The van der Waals surface area contributed by atoms with E-state index in [4.69, 9.17) is 4.43 Å². The molecule has 1 saturated carbocycles. The lowest BCUT2D eigenvalue weighted by molar-refractivity contribution is 0.102.